The highest BCUT2D eigenvalue weighted by molar-refractivity contribution is 5.97. The number of amides is 4. The van der Waals surface area contributed by atoms with Crippen LogP contribution in [-0.2, 0) is 52.8 Å². The molecule has 382 valence electrons. The molecule has 0 spiro atoms. The van der Waals surface area contributed by atoms with Crippen LogP contribution in [0.15, 0.2) is 54.7 Å². The largest absolute Gasteiger partial charge is 0.508 e. The molecule has 4 amide bonds. The molecule has 5 aliphatic rings. The predicted octanol–water partition coefficient (Wildman–Crippen LogP) is 5.57. The van der Waals surface area contributed by atoms with Gasteiger partial charge in [0.15, 0.2) is 0 Å². The van der Waals surface area contributed by atoms with Crippen molar-refractivity contribution < 1.29 is 38.6 Å². The fraction of sp³-hybridized carbons (Fsp3) is 0.545. The molecule has 5 heterocycles. The number of carbonyl (C=O) groups is 5. The van der Waals surface area contributed by atoms with Crippen LogP contribution in [0.4, 0.5) is 0 Å². The molecule has 17 heteroatoms. The molecule has 72 heavy (non-hydrogen) atoms. The van der Waals surface area contributed by atoms with Crippen LogP contribution in [0.3, 0.4) is 0 Å². The molecule has 4 fully saturated rings. The minimum atomic E-state index is -1.19. The van der Waals surface area contributed by atoms with E-state index in [0.29, 0.717) is 49.8 Å². The first-order valence-electron chi connectivity index (χ1n) is 25.7. The number of hydrogen-bond donors (Lipinski definition) is 4. The molecule has 4 aromatic rings. The van der Waals surface area contributed by atoms with Crippen molar-refractivity contribution in [1.82, 2.24) is 40.4 Å². The van der Waals surface area contributed by atoms with Gasteiger partial charge < -0.3 is 34.3 Å². The second kappa shape index (κ2) is 20.3. The number of nitrogens with one attached hydrogen (secondary N) is 3. The number of phenolic OH excluding ortho intramolecular Hbond substituents is 1. The van der Waals surface area contributed by atoms with Crippen molar-refractivity contribution in [2.45, 2.75) is 135 Å². The number of hydrogen-bond acceptors (Lipinski definition) is 12. The summed E-state index contributed by atoms with van der Waals surface area (Å²) in [4.78, 5) is 78.9. The summed E-state index contributed by atoms with van der Waals surface area (Å²) in [6, 6.07) is 14.1. The lowest BCUT2D eigenvalue weighted by atomic mass is 9.84. The Bertz CT molecular complexity index is 2810. The Morgan fingerprint density at radius 2 is 1.82 bits per heavy atom. The maximum Gasteiger partial charge on any atom is 0.324 e. The standard InChI is InChI=1S/C55H69N9O8/c1-8-63-43-18-17-35-27-39(43)40(48(63)38-15-11-21-57-45(38)32(2)71-7)28-54(3,4)31-72-53(70)41-16-12-22-64(60-41)51(68)42(25-33-23-36(35)26-37(65)24-33)58-50(67)47(34-13-9-10-14-34)62(6)44(66)29-61(5)52(69)46-49(59-46)55(30-56)19-20-55/h11,15,17-18,21,23-24,26-27,32,34,41-42,46-47,49,59-60,65H,8-10,12-14,16,19-20,22,25,28-29,31H2,1-7H3,(H,58,67)/t32-,41-,42-,46+,47?,49-/m0/s1. The average molecular weight is 984 g/mol. The molecule has 2 saturated heterocycles. The van der Waals surface area contributed by atoms with Crippen LogP contribution >= 0.6 is 0 Å². The number of likely N-dealkylation sites (N-methyl/N-ethyl adjacent to an activating group) is 2. The van der Waals surface area contributed by atoms with Crippen LogP contribution in [0, 0.1) is 28.1 Å². The number of aromatic hydroxyl groups is 1. The number of aryl methyl sites for hydroxylation is 1. The third kappa shape index (κ3) is 10.1. The zero-order chi connectivity index (χ0) is 51.2. The Morgan fingerprint density at radius 3 is 2.53 bits per heavy atom. The maximum atomic E-state index is 14.9. The Labute approximate surface area is 421 Å². The lowest BCUT2D eigenvalue weighted by Gasteiger charge is -2.37. The second-order valence-corrected chi connectivity index (χ2v) is 21.6. The number of methoxy groups -OCH3 is 1. The van der Waals surface area contributed by atoms with E-state index >= 15 is 0 Å². The first-order valence-corrected chi connectivity index (χ1v) is 25.7. The molecule has 2 aliphatic carbocycles. The number of fused-ring (bicyclic) bond motifs is 6. The van der Waals surface area contributed by atoms with Crippen molar-refractivity contribution in [3.63, 3.8) is 0 Å². The third-order valence-electron chi connectivity index (χ3n) is 15.8. The van der Waals surface area contributed by atoms with Gasteiger partial charge in [0.2, 0.25) is 17.7 Å². The SMILES string of the molecule is CCn1c(-c2cccnc2[C@H](C)OC)c2c3cc(ccc31)-c1cc(O)cc(c1)C[C@H](NC(=O)C(C1CCCC1)N(C)C(=O)CN(C)C(=O)[C@@H]1N[C@@H]1C1(C#N)CC1)C(=O)N1CCC[C@H](N1)C(=O)OCC(C)(C)C2. The van der Waals surface area contributed by atoms with Crippen molar-refractivity contribution in [3.05, 3.63) is 71.5 Å². The van der Waals surface area contributed by atoms with Crippen molar-refractivity contribution in [2.24, 2.45) is 16.7 Å². The smallest absolute Gasteiger partial charge is 0.324 e. The maximum absolute atomic E-state index is 14.9. The Kier molecular flexibility index (Phi) is 14.2. The van der Waals surface area contributed by atoms with Crippen LogP contribution in [0.5, 0.6) is 5.75 Å². The summed E-state index contributed by atoms with van der Waals surface area (Å²) in [5.74, 6) is -2.41. The van der Waals surface area contributed by atoms with E-state index in [-0.39, 0.29) is 55.8 Å². The van der Waals surface area contributed by atoms with E-state index in [1.165, 1.54) is 14.8 Å². The minimum absolute atomic E-state index is 0.0179. The molecular formula is C55H69N9O8. The molecule has 3 aliphatic heterocycles. The van der Waals surface area contributed by atoms with Gasteiger partial charge in [0.1, 0.15) is 29.9 Å². The van der Waals surface area contributed by atoms with Gasteiger partial charge in [-0.2, -0.15) is 5.26 Å². The highest BCUT2D eigenvalue weighted by atomic mass is 16.5. The van der Waals surface area contributed by atoms with Crippen LogP contribution < -0.4 is 16.1 Å². The lowest BCUT2D eigenvalue weighted by molar-refractivity contribution is -0.155. The second-order valence-electron chi connectivity index (χ2n) is 21.6. The number of hydrazine groups is 1. The van der Waals surface area contributed by atoms with Gasteiger partial charge in [0.25, 0.3) is 5.91 Å². The van der Waals surface area contributed by atoms with E-state index < -0.39 is 58.7 Å². The van der Waals surface area contributed by atoms with Gasteiger partial charge in [0, 0.05) is 68.8 Å². The molecule has 2 aromatic heterocycles. The number of nitriles is 1. The fourth-order valence-corrected chi connectivity index (χ4v) is 11.5. The van der Waals surface area contributed by atoms with Crippen molar-refractivity contribution >= 4 is 40.5 Å². The number of benzene rings is 2. The first kappa shape index (κ1) is 50.6. The Balaban J connectivity index is 1.07. The fourth-order valence-electron chi connectivity index (χ4n) is 11.5. The normalized spacial score (nSPS) is 23.6. The topological polar surface area (TPSA) is 221 Å². The van der Waals surface area contributed by atoms with Gasteiger partial charge in [-0.15, -0.1) is 0 Å². The summed E-state index contributed by atoms with van der Waals surface area (Å²) >= 11 is 0. The molecule has 9 rings (SSSR count). The number of ether oxygens (including phenoxy) is 2. The monoisotopic (exact) mass is 984 g/mol. The summed E-state index contributed by atoms with van der Waals surface area (Å²) in [6.07, 6.45) is 7.54. The number of phenols is 1. The molecule has 4 N–H and O–H groups in total. The Hall–Kier alpha value is -6.35. The van der Waals surface area contributed by atoms with Gasteiger partial charge in [-0.3, -0.25) is 39.3 Å². The van der Waals surface area contributed by atoms with E-state index in [0.717, 1.165) is 64.7 Å². The molecule has 0 radical (unpaired) electrons. The summed E-state index contributed by atoms with van der Waals surface area (Å²) in [5.41, 5.74) is 8.97. The summed E-state index contributed by atoms with van der Waals surface area (Å²) < 4.78 is 14.3. The zero-order valence-electron chi connectivity index (χ0n) is 42.6. The highest BCUT2D eigenvalue weighted by Crippen LogP contribution is 2.53. The summed E-state index contributed by atoms with van der Waals surface area (Å²) in [5, 5.41) is 29.7. The zero-order valence-corrected chi connectivity index (χ0v) is 42.6. The van der Waals surface area contributed by atoms with E-state index in [1.54, 1.807) is 39.5 Å². The molecular weight excluding hydrogens is 915 g/mol. The van der Waals surface area contributed by atoms with Gasteiger partial charge in [0.05, 0.1) is 48.2 Å². The number of rotatable bonds is 12. The van der Waals surface area contributed by atoms with Crippen LogP contribution in [0.25, 0.3) is 33.3 Å². The van der Waals surface area contributed by atoms with Gasteiger partial charge >= 0.3 is 5.97 Å². The summed E-state index contributed by atoms with van der Waals surface area (Å²) in [6.45, 7) is 8.98. The molecule has 17 nitrogen and oxygen atoms in total. The summed E-state index contributed by atoms with van der Waals surface area (Å²) in [7, 11) is 4.80. The molecule has 2 saturated carbocycles. The lowest BCUT2D eigenvalue weighted by Crippen LogP contribution is -2.62. The molecule has 2 aromatic carbocycles. The number of cyclic esters (lactones) is 1. The molecule has 6 atom stereocenters. The minimum Gasteiger partial charge on any atom is -0.508 e. The Morgan fingerprint density at radius 1 is 1.06 bits per heavy atom. The number of esters is 1. The number of nitrogens with zero attached hydrogens (tertiary/aromatic N) is 6. The highest BCUT2D eigenvalue weighted by Gasteiger charge is 2.63. The number of pyridine rings is 1. The number of carbonyl (C=O) groups excluding carboxylic acids is 5. The van der Waals surface area contributed by atoms with Crippen molar-refractivity contribution in [3.8, 4) is 34.2 Å². The quantitative estimate of drug-likeness (QED) is 0.101. The van der Waals surface area contributed by atoms with E-state index in [1.807, 2.05) is 25.1 Å². The van der Waals surface area contributed by atoms with Gasteiger partial charge in [-0.25, -0.2) is 5.43 Å². The van der Waals surface area contributed by atoms with Crippen LogP contribution in [0.2, 0.25) is 0 Å². The van der Waals surface area contributed by atoms with Gasteiger partial charge in [-0.1, -0.05) is 38.8 Å². The first-order chi connectivity index (χ1) is 34.5. The molecule has 6 bridgehead atoms. The van der Waals surface area contributed by atoms with Gasteiger partial charge in [-0.05, 0) is 123 Å². The van der Waals surface area contributed by atoms with E-state index in [4.69, 9.17) is 14.5 Å². The van der Waals surface area contributed by atoms with E-state index in [9.17, 15) is 34.3 Å². The predicted molar refractivity (Wildman–Crippen MR) is 269 cm³/mol. The van der Waals surface area contributed by atoms with Crippen molar-refractivity contribution in [1.29, 1.82) is 5.26 Å². The van der Waals surface area contributed by atoms with E-state index in [2.05, 4.69) is 65.7 Å². The van der Waals surface area contributed by atoms with Crippen LogP contribution in [-0.4, -0.2) is 130 Å². The molecule has 1 unspecified atom stereocenters. The van der Waals surface area contributed by atoms with Crippen LogP contribution in [0.1, 0.15) is 102 Å². The van der Waals surface area contributed by atoms with Crippen molar-refractivity contribution in [2.75, 3.05) is 40.9 Å². The third-order valence-corrected chi connectivity index (χ3v) is 15.8. The average Bonchev–Trinajstić information content (AvgIpc) is 4.28. The number of aromatic nitrogens is 2.